The maximum Gasteiger partial charge on any atom is 0.308 e. The second kappa shape index (κ2) is 1.67. The van der Waals surface area contributed by atoms with Crippen LogP contribution in [0.4, 0.5) is 0 Å². The topological polar surface area (TPSA) is 37.3 Å². The lowest BCUT2D eigenvalue weighted by atomic mass is 10.1. The van der Waals surface area contributed by atoms with E-state index in [1.165, 1.54) is 0 Å². The summed E-state index contributed by atoms with van der Waals surface area (Å²) in [5, 5.41) is 8.64. The van der Waals surface area contributed by atoms with E-state index in [9.17, 15) is 4.79 Å². The Bertz CT molecular complexity index is 170. The van der Waals surface area contributed by atoms with Gasteiger partial charge in [0.2, 0.25) is 0 Å². The van der Waals surface area contributed by atoms with E-state index < -0.39 is 10.8 Å². The quantitative estimate of drug-likeness (QED) is 0.597. The second-order valence-corrected chi connectivity index (χ2v) is 4.35. The molecule has 0 aromatic heterocycles. The van der Waals surface area contributed by atoms with Gasteiger partial charge in [-0.25, -0.2) is 0 Å². The van der Waals surface area contributed by atoms with Gasteiger partial charge < -0.3 is 5.11 Å². The highest BCUT2D eigenvalue weighted by Crippen LogP contribution is 2.65. The van der Waals surface area contributed by atoms with Crippen LogP contribution in [0.2, 0.25) is 0 Å². The lowest BCUT2D eigenvalue weighted by molar-refractivity contribution is -0.139. The van der Waals surface area contributed by atoms with E-state index in [1.54, 1.807) is 6.92 Å². The van der Waals surface area contributed by atoms with E-state index in [4.69, 9.17) is 16.7 Å². The summed E-state index contributed by atoms with van der Waals surface area (Å²) in [6, 6.07) is 0. The summed E-state index contributed by atoms with van der Waals surface area (Å²) in [4.78, 5) is 9.97. The molecule has 2 unspecified atom stereocenters. The first-order valence-electron chi connectivity index (χ1n) is 3.23. The SMILES string of the molecule is CC1(C)C(C(=O)O)C1(C)Cl. The molecule has 1 aliphatic carbocycles. The Kier molecular flexibility index (Phi) is 1.31. The zero-order valence-corrected chi connectivity index (χ0v) is 7.07. The van der Waals surface area contributed by atoms with Crippen LogP contribution in [0.15, 0.2) is 0 Å². The first-order chi connectivity index (χ1) is 4.32. The first-order valence-corrected chi connectivity index (χ1v) is 3.61. The van der Waals surface area contributed by atoms with Gasteiger partial charge in [-0.05, 0) is 12.3 Å². The van der Waals surface area contributed by atoms with Crippen LogP contribution in [0.5, 0.6) is 0 Å². The highest BCUT2D eigenvalue weighted by Gasteiger charge is 2.71. The number of rotatable bonds is 1. The summed E-state index contributed by atoms with van der Waals surface area (Å²) in [5.74, 6) is -1.18. The third-order valence-corrected chi connectivity index (χ3v) is 3.39. The fourth-order valence-electron chi connectivity index (χ4n) is 1.47. The number of halogens is 1. The van der Waals surface area contributed by atoms with E-state index in [2.05, 4.69) is 0 Å². The van der Waals surface area contributed by atoms with Crippen molar-refractivity contribution >= 4 is 17.6 Å². The molecule has 0 amide bonds. The summed E-state index contributed by atoms with van der Waals surface area (Å²) in [6.07, 6.45) is 0. The summed E-state index contributed by atoms with van der Waals surface area (Å²) < 4.78 is 0. The molecule has 2 nitrogen and oxygen atoms in total. The number of carbonyl (C=O) groups is 1. The summed E-state index contributed by atoms with van der Waals surface area (Å²) in [6.45, 7) is 5.52. The van der Waals surface area contributed by atoms with Crippen molar-refractivity contribution in [2.45, 2.75) is 25.6 Å². The van der Waals surface area contributed by atoms with Crippen LogP contribution >= 0.6 is 11.6 Å². The Labute approximate surface area is 65.2 Å². The summed E-state index contributed by atoms with van der Waals surface area (Å²) in [5.41, 5.74) is -0.250. The minimum Gasteiger partial charge on any atom is -0.481 e. The van der Waals surface area contributed by atoms with Crippen molar-refractivity contribution < 1.29 is 9.90 Å². The number of carboxylic acids is 1. The second-order valence-electron chi connectivity index (χ2n) is 3.57. The van der Waals surface area contributed by atoms with Gasteiger partial charge in [-0.1, -0.05) is 13.8 Å². The van der Waals surface area contributed by atoms with Crippen LogP contribution in [0.1, 0.15) is 20.8 Å². The van der Waals surface area contributed by atoms with Gasteiger partial charge in [-0.2, -0.15) is 0 Å². The third-order valence-electron chi connectivity index (χ3n) is 2.69. The molecule has 58 valence electrons. The van der Waals surface area contributed by atoms with Gasteiger partial charge in [0.05, 0.1) is 10.8 Å². The molecule has 1 aliphatic rings. The molecule has 3 heteroatoms. The van der Waals surface area contributed by atoms with Crippen molar-refractivity contribution in [3.05, 3.63) is 0 Å². The molecular weight excluding hydrogens is 152 g/mol. The van der Waals surface area contributed by atoms with E-state index in [0.717, 1.165) is 0 Å². The van der Waals surface area contributed by atoms with Crippen molar-refractivity contribution in [1.29, 1.82) is 0 Å². The van der Waals surface area contributed by atoms with E-state index in [0.29, 0.717) is 0 Å². The van der Waals surface area contributed by atoms with Crippen LogP contribution in [0, 0.1) is 11.3 Å². The normalized spacial score (nSPS) is 43.0. The molecule has 0 spiro atoms. The van der Waals surface area contributed by atoms with Crippen LogP contribution in [0.25, 0.3) is 0 Å². The Hall–Kier alpha value is -0.240. The number of aliphatic carboxylic acids is 1. The number of alkyl halides is 1. The smallest absolute Gasteiger partial charge is 0.308 e. The zero-order chi connectivity index (χ0) is 8.15. The highest BCUT2D eigenvalue weighted by atomic mass is 35.5. The van der Waals surface area contributed by atoms with Gasteiger partial charge in [0.1, 0.15) is 0 Å². The Morgan fingerprint density at radius 2 is 1.80 bits per heavy atom. The van der Waals surface area contributed by atoms with Crippen molar-refractivity contribution in [1.82, 2.24) is 0 Å². The molecule has 0 saturated heterocycles. The predicted molar refractivity (Wildman–Crippen MR) is 39.2 cm³/mol. The van der Waals surface area contributed by atoms with Gasteiger partial charge in [0.25, 0.3) is 0 Å². The van der Waals surface area contributed by atoms with Crippen LogP contribution < -0.4 is 0 Å². The molecule has 0 aromatic rings. The molecule has 0 radical (unpaired) electrons. The maximum absolute atomic E-state index is 10.5. The van der Waals surface area contributed by atoms with E-state index in [-0.39, 0.29) is 11.3 Å². The molecule has 1 fully saturated rings. The molecule has 1 saturated carbocycles. The molecule has 0 aromatic carbocycles. The summed E-state index contributed by atoms with van der Waals surface area (Å²) in [7, 11) is 0. The Morgan fingerprint density at radius 1 is 1.50 bits per heavy atom. The third kappa shape index (κ3) is 0.685. The molecule has 1 rings (SSSR count). The van der Waals surface area contributed by atoms with Crippen molar-refractivity contribution in [3.8, 4) is 0 Å². The van der Waals surface area contributed by atoms with Crippen molar-refractivity contribution in [3.63, 3.8) is 0 Å². The first kappa shape index (κ1) is 7.86. The molecule has 10 heavy (non-hydrogen) atoms. The minimum absolute atomic E-state index is 0.250. The average Bonchev–Trinajstić information content (AvgIpc) is 1.97. The lowest BCUT2D eigenvalue weighted by Gasteiger charge is -2.00. The van der Waals surface area contributed by atoms with Gasteiger partial charge >= 0.3 is 5.97 Å². The van der Waals surface area contributed by atoms with Gasteiger partial charge in [0, 0.05) is 0 Å². The Balaban J connectivity index is 2.81. The summed E-state index contributed by atoms with van der Waals surface area (Å²) >= 11 is 5.91. The molecular formula is C7H11ClO2. The van der Waals surface area contributed by atoms with E-state index in [1.807, 2.05) is 13.8 Å². The minimum atomic E-state index is -0.789. The van der Waals surface area contributed by atoms with E-state index >= 15 is 0 Å². The fourth-order valence-corrected chi connectivity index (χ4v) is 1.89. The van der Waals surface area contributed by atoms with Crippen molar-refractivity contribution in [2.75, 3.05) is 0 Å². The van der Waals surface area contributed by atoms with Gasteiger partial charge in [-0.3, -0.25) is 4.79 Å². The zero-order valence-electron chi connectivity index (χ0n) is 6.31. The van der Waals surface area contributed by atoms with Gasteiger partial charge in [0.15, 0.2) is 0 Å². The van der Waals surface area contributed by atoms with Crippen molar-refractivity contribution in [2.24, 2.45) is 11.3 Å². The van der Waals surface area contributed by atoms with Crippen LogP contribution in [-0.2, 0) is 4.79 Å². The molecule has 0 heterocycles. The molecule has 2 atom stereocenters. The van der Waals surface area contributed by atoms with Crippen LogP contribution in [0.3, 0.4) is 0 Å². The average molecular weight is 163 g/mol. The predicted octanol–water partition coefficient (Wildman–Crippen LogP) is 1.72. The lowest BCUT2D eigenvalue weighted by Crippen LogP contribution is -2.05. The molecule has 1 N–H and O–H groups in total. The largest absolute Gasteiger partial charge is 0.481 e. The monoisotopic (exact) mass is 162 g/mol. The maximum atomic E-state index is 10.5. The Morgan fingerprint density at radius 3 is 1.80 bits per heavy atom. The molecule has 0 aliphatic heterocycles. The number of hydrogen-bond donors (Lipinski definition) is 1. The van der Waals surface area contributed by atoms with Gasteiger partial charge in [-0.15, -0.1) is 11.6 Å². The fraction of sp³-hybridized carbons (Fsp3) is 0.857. The standard InChI is InChI=1S/C7H11ClO2/c1-6(2)4(5(9)10)7(6,3)8/h4H,1-3H3,(H,9,10). The number of hydrogen-bond acceptors (Lipinski definition) is 1. The number of carboxylic acid groups (broad SMARTS) is 1. The molecule has 0 bridgehead atoms. The highest BCUT2D eigenvalue weighted by molar-refractivity contribution is 6.28. The van der Waals surface area contributed by atoms with Crippen LogP contribution in [-0.4, -0.2) is 16.0 Å².